The van der Waals surface area contributed by atoms with Gasteiger partial charge in [-0.15, -0.1) is 0 Å². The summed E-state index contributed by atoms with van der Waals surface area (Å²) in [6, 6.07) is 7.10. The standard InChI is InChI=1S/C20H13F4NO4S/c1-20(23,24)29-12-4-2-3-10(5-12)11-6-15(21)17(16(22)7-11)25-18(26)13-8-30-9-14(13)19(27)28/h2-9H,1H3,(H,25,26)(H,27,28). The lowest BCUT2D eigenvalue weighted by Gasteiger charge is -2.14. The van der Waals surface area contributed by atoms with Crippen molar-refractivity contribution in [2.75, 3.05) is 5.32 Å². The maximum atomic E-state index is 14.5. The van der Waals surface area contributed by atoms with Crippen LogP contribution < -0.4 is 10.1 Å². The van der Waals surface area contributed by atoms with E-state index in [2.05, 4.69) is 4.74 Å². The number of nitrogens with one attached hydrogen (secondary N) is 1. The summed E-state index contributed by atoms with van der Waals surface area (Å²) in [6.07, 6.45) is -3.43. The minimum atomic E-state index is -3.43. The molecule has 0 unspecified atom stereocenters. The largest absolute Gasteiger partial charge is 0.478 e. The summed E-state index contributed by atoms with van der Waals surface area (Å²) in [6.45, 7) is 0.555. The summed E-state index contributed by atoms with van der Waals surface area (Å²) in [5.41, 5.74) is -1.06. The van der Waals surface area contributed by atoms with Gasteiger partial charge in [0.15, 0.2) is 0 Å². The van der Waals surface area contributed by atoms with Gasteiger partial charge in [0, 0.05) is 17.7 Å². The summed E-state index contributed by atoms with van der Waals surface area (Å²) >= 11 is 0.952. The van der Waals surface area contributed by atoms with Gasteiger partial charge in [-0.1, -0.05) is 12.1 Å². The van der Waals surface area contributed by atoms with Crippen LogP contribution in [0.5, 0.6) is 5.75 Å². The first-order valence-electron chi connectivity index (χ1n) is 8.32. The molecule has 0 aliphatic rings. The molecular formula is C20H13F4NO4S. The maximum absolute atomic E-state index is 14.5. The lowest BCUT2D eigenvalue weighted by atomic mass is 10.0. The number of carboxylic acid groups (broad SMARTS) is 1. The number of alkyl halides is 2. The van der Waals surface area contributed by atoms with E-state index in [0.29, 0.717) is 6.92 Å². The molecule has 0 spiro atoms. The molecule has 3 rings (SSSR count). The number of carboxylic acids is 1. The zero-order valence-electron chi connectivity index (χ0n) is 15.2. The van der Waals surface area contributed by atoms with E-state index in [0.717, 1.165) is 23.5 Å². The molecule has 0 saturated carbocycles. The van der Waals surface area contributed by atoms with Crippen LogP contribution in [0.3, 0.4) is 0 Å². The maximum Gasteiger partial charge on any atom is 0.394 e. The second-order valence-electron chi connectivity index (χ2n) is 6.21. The number of anilines is 1. The third-order valence-electron chi connectivity index (χ3n) is 3.88. The van der Waals surface area contributed by atoms with Crippen LogP contribution in [-0.2, 0) is 0 Å². The highest BCUT2D eigenvalue weighted by Crippen LogP contribution is 2.31. The number of carbonyl (C=O) groups is 2. The van der Waals surface area contributed by atoms with Crippen LogP contribution >= 0.6 is 11.3 Å². The number of halogens is 4. The van der Waals surface area contributed by atoms with Crippen molar-refractivity contribution < 1.29 is 37.0 Å². The number of thiophene rings is 1. The van der Waals surface area contributed by atoms with E-state index in [9.17, 15) is 27.2 Å². The van der Waals surface area contributed by atoms with Gasteiger partial charge >= 0.3 is 12.1 Å². The van der Waals surface area contributed by atoms with Crippen molar-refractivity contribution in [3.63, 3.8) is 0 Å². The Morgan fingerprint density at radius 3 is 2.27 bits per heavy atom. The number of rotatable bonds is 6. The lowest BCUT2D eigenvalue weighted by molar-refractivity contribution is -0.158. The molecule has 10 heteroatoms. The topological polar surface area (TPSA) is 75.6 Å². The molecule has 0 atom stereocenters. The van der Waals surface area contributed by atoms with Gasteiger partial charge in [-0.3, -0.25) is 4.79 Å². The molecule has 0 radical (unpaired) electrons. The average Bonchev–Trinajstić information content (AvgIpc) is 3.13. The van der Waals surface area contributed by atoms with Gasteiger partial charge in [0.05, 0.1) is 11.1 Å². The molecule has 0 aliphatic heterocycles. The monoisotopic (exact) mass is 439 g/mol. The highest BCUT2D eigenvalue weighted by molar-refractivity contribution is 7.08. The number of amides is 1. The molecule has 2 N–H and O–H groups in total. The van der Waals surface area contributed by atoms with Crippen LogP contribution in [-0.4, -0.2) is 23.1 Å². The Kier molecular flexibility index (Phi) is 5.79. The first kappa shape index (κ1) is 21.3. The van der Waals surface area contributed by atoms with E-state index in [1.54, 1.807) is 0 Å². The second kappa shape index (κ2) is 8.15. The summed E-state index contributed by atoms with van der Waals surface area (Å²) in [4.78, 5) is 23.4. The molecular weight excluding hydrogens is 426 g/mol. The fraction of sp³-hybridized carbons (Fsp3) is 0.100. The van der Waals surface area contributed by atoms with Crippen LogP contribution in [0.4, 0.5) is 23.2 Å². The Hall–Kier alpha value is -3.40. The molecule has 0 aliphatic carbocycles. The van der Waals surface area contributed by atoms with E-state index >= 15 is 0 Å². The van der Waals surface area contributed by atoms with Crippen LogP contribution in [0.25, 0.3) is 11.1 Å². The quantitative estimate of drug-likeness (QED) is 0.488. The van der Waals surface area contributed by atoms with Gasteiger partial charge in [-0.25, -0.2) is 13.6 Å². The van der Waals surface area contributed by atoms with Crippen molar-refractivity contribution in [2.24, 2.45) is 0 Å². The van der Waals surface area contributed by atoms with Gasteiger partial charge < -0.3 is 15.2 Å². The fourth-order valence-corrected chi connectivity index (χ4v) is 3.43. The molecule has 0 saturated heterocycles. The number of ether oxygens (including phenoxy) is 1. The molecule has 1 heterocycles. The van der Waals surface area contributed by atoms with Crippen molar-refractivity contribution in [3.05, 3.63) is 69.9 Å². The molecule has 30 heavy (non-hydrogen) atoms. The molecule has 3 aromatic rings. The highest BCUT2D eigenvalue weighted by atomic mass is 32.1. The van der Waals surface area contributed by atoms with Crippen LogP contribution in [0.2, 0.25) is 0 Å². The zero-order valence-corrected chi connectivity index (χ0v) is 16.0. The second-order valence-corrected chi connectivity index (χ2v) is 6.95. The highest BCUT2D eigenvalue weighted by Gasteiger charge is 2.24. The molecule has 5 nitrogen and oxygen atoms in total. The normalized spacial score (nSPS) is 11.2. The number of carbonyl (C=O) groups excluding carboxylic acids is 1. The van der Waals surface area contributed by atoms with Crippen molar-refractivity contribution >= 4 is 28.9 Å². The predicted molar refractivity (Wildman–Crippen MR) is 102 cm³/mol. The van der Waals surface area contributed by atoms with Crippen molar-refractivity contribution in [1.29, 1.82) is 0 Å². The summed E-state index contributed by atoms with van der Waals surface area (Å²) in [7, 11) is 0. The molecule has 1 aromatic heterocycles. The lowest BCUT2D eigenvalue weighted by Crippen LogP contribution is -2.19. The number of benzene rings is 2. The van der Waals surface area contributed by atoms with Crippen LogP contribution in [0.15, 0.2) is 47.2 Å². The third kappa shape index (κ3) is 4.77. The van der Waals surface area contributed by atoms with Crippen molar-refractivity contribution in [2.45, 2.75) is 13.0 Å². The van der Waals surface area contributed by atoms with E-state index < -0.39 is 35.3 Å². The Labute approximate surface area is 171 Å². The van der Waals surface area contributed by atoms with E-state index in [4.69, 9.17) is 5.11 Å². The minimum Gasteiger partial charge on any atom is -0.478 e. The molecule has 156 valence electrons. The van der Waals surface area contributed by atoms with E-state index in [1.165, 1.54) is 35.0 Å². The summed E-state index contributed by atoms with van der Waals surface area (Å²) in [5, 5.41) is 13.6. The molecule has 0 bridgehead atoms. The zero-order chi connectivity index (χ0) is 22.1. The fourth-order valence-electron chi connectivity index (χ4n) is 2.62. The van der Waals surface area contributed by atoms with Gasteiger partial charge in [-0.2, -0.15) is 20.1 Å². The van der Waals surface area contributed by atoms with Gasteiger partial charge in [0.25, 0.3) is 5.91 Å². The van der Waals surface area contributed by atoms with Crippen molar-refractivity contribution in [3.8, 4) is 16.9 Å². The Bertz CT molecular complexity index is 1100. The van der Waals surface area contributed by atoms with Crippen LogP contribution in [0, 0.1) is 11.6 Å². The first-order valence-corrected chi connectivity index (χ1v) is 9.26. The Morgan fingerprint density at radius 1 is 1.03 bits per heavy atom. The number of hydrogen-bond donors (Lipinski definition) is 2. The Morgan fingerprint density at radius 2 is 1.67 bits per heavy atom. The van der Waals surface area contributed by atoms with Crippen molar-refractivity contribution in [1.82, 2.24) is 0 Å². The third-order valence-corrected chi connectivity index (χ3v) is 4.63. The molecule has 2 aromatic carbocycles. The first-order chi connectivity index (χ1) is 14.0. The minimum absolute atomic E-state index is 0.0228. The summed E-state index contributed by atoms with van der Waals surface area (Å²) < 4.78 is 59.5. The van der Waals surface area contributed by atoms with E-state index in [-0.39, 0.29) is 28.0 Å². The smallest absolute Gasteiger partial charge is 0.394 e. The van der Waals surface area contributed by atoms with Gasteiger partial charge in [0.2, 0.25) is 0 Å². The number of aromatic carboxylic acids is 1. The predicted octanol–water partition coefficient (Wildman–Crippen LogP) is 5.64. The summed E-state index contributed by atoms with van der Waals surface area (Å²) in [5.74, 6) is -4.79. The van der Waals surface area contributed by atoms with Gasteiger partial charge in [-0.05, 0) is 35.4 Å². The van der Waals surface area contributed by atoms with E-state index in [1.807, 2.05) is 5.32 Å². The average molecular weight is 439 g/mol. The SMILES string of the molecule is CC(F)(F)Oc1cccc(-c2cc(F)c(NC(=O)c3cscc3C(=O)O)c(F)c2)c1. The molecule has 1 amide bonds. The number of hydrogen-bond acceptors (Lipinski definition) is 4. The Balaban J connectivity index is 1.89. The van der Waals surface area contributed by atoms with Crippen LogP contribution in [0.1, 0.15) is 27.6 Å². The molecule has 0 fully saturated rings. The van der Waals surface area contributed by atoms with Gasteiger partial charge in [0.1, 0.15) is 23.1 Å².